The third-order valence-electron chi connectivity index (χ3n) is 3.10. The summed E-state index contributed by atoms with van der Waals surface area (Å²) in [5.41, 5.74) is 3.78. The first-order chi connectivity index (χ1) is 10.4. The van der Waals surface area contributed by atoms with Crippen molar-refractivity contribution in [3.8, 4) is 11.5 Å². The zero-order valence-electron chi connectivity index (χ0n) is 13.0. The second-order valence-electron chi connectivity index (χ2n) is 5.06. The maximum absolute atomic E-state index is 11.7. The van der Waals surface area contributed by atoms with Crippen LogP contribution >= 0.6 is 11.8 Å². The summed E-state index contributed by atoms with van der Waals surface area (Å²) in [6.07, 6.45) is 0. The Bertz CT molecular complexity index is 709. The van der Waals surface area contributed by atoms with Crippen LogP contribution in [0.4, 0.5) is 0 Å². The molecule has 1 aromatic carbocycles. The van der Waals surface area contributed by atoms with Crippen molar-refractivity contribution < 1.29 is 13.9 Å². The highest BCUT2D eigenvalue weighted by atomic mass is 32.2. The van der Waals surface area contributed by atoms with Gasteiger partial charge in [0.2, 0.25) is 5.89 Å². The number of thioether (sulfide) groups is 1. The Balaban J connectivity index is 2.24. The molecule has 0 aliphatic heterocycles. The molecule has 1 unspecified atom stereocenters. The molecule has 0 aliphatic carbocycles. The lowest BCUT2D eigenvalue weighted by Crippen LogP contribution is -2.19. The van der Waals surface area contributed by atoms with E-state index in [-0.39, 0.29) is 5.97 Å². The van der Waals surface area contributed by atoms with Crippen molar-refractivity contribution in [1.29, 1.82) is 0 Å². The molecule has 0 radical (unpaired) electrons. The van der Waals surface area contributed by atoms with Crippen molar-refractivity contribution >= 4 is 17.7 Å². The van der Waals surface area contributed by atoms with Crippen LogP contribution in [-0.4, -0.2) is 28.5 Å². The quantitative estimate of drug-likeness (QED) is 0.477. The third kappa shape index (κ3) is 3.57. The zero-order valence-corrected chi connectivity index (χ0v) is 13.9. The second kappa shape index (κ2) is 6.79. The molecule has 1 heterocycles. The van der Waals surface area contributed by atoms with E-state index in [1.807, 2.05) is 26.0 Å². The van der Waals surface area contributed by atoms with Gasteiger partial charge in [0.25, 0.3) is 5.22 Å². The van der Waals surface area contributed by atoms with E-state index in [1.165, 1.54) is 12.7 Å². The molecule has 2 rings (SSSR count). The lowest BCUT2D eigenvalue weighted by Gasteiger charge is -2.10. The lowest BCUT2D eigenvalue weighted by molar-refractivity contribution is -0.139. The molecular weight excluding hydrogens is 300 g/mol. The molecular formula is C16H18N2O3S. The Labute approximate surface area is 133 Å². The maximum atomic E-state index is 11.7. The number of aryl methyl sites for hydroxylation is 2. The van der Waals surface area contributed by atoms with Crippen LogP contribution in [0.15, 0.2) is 40.0 Å². The van der Waals surface area contributed by atoms with Crippen molar-refractivity contribution in [1.82, 2.24) is 10.2 Å². The van der Waals surface area contributed by atoms with Gasteiger partial charge in [-0.2, -0.15) is 0 Å². The Morgan fingerprint density at radius 3 is 2.68 bits per heavy atom. The maximum Gasteiger partial charge on any atom is 0.323 e. The summed E-state index contributed by atoms with van der Waals surface area (Å²) in [6, 6.07) is 5.99. The lowest BCUT2D eigenvalue weighted by atomic mass is 10.1. The van der Waals surface area contributed by atoms with Crippen LogP contribution in [0, 0.1) is 13.8 Å². The van der Waals surface area contributed by atoms with Crippen LogP contribution < -0.4 is 0 Å². The summed E-state index contributed by atoms with van der Waals surface area (Å²) in [6.45, 7) is 9.58. The number of nitrogens with zero attached hydrogens (tertiary/aromatic N) is 2. The number of esters is 1. The van der Waals surface area contributed by atoms with Crippen LogP contribution in [0.1, 0.15) is 18.1 Å². The number of carbonyl (C=O) groups excluding carboxylic acids is 1. The van der Waals surface area contributed by atoms with E-state index in [4.69, 9.17) is 9.15 Å². The number of rotatable bonds is 5. The summed E-state index contributed by atoms with van der Waals surface area (Å²) >= 11 is 1.14. The van der Waals surface area contributed by atoms with Gasteiger partial charge in [-0.15, -0.1) is 10.2 Å². The zero-order chi connectivity index (χ0) is 16.3. The molecule has 0 amide bonds. The van der Waals surface area contributed by atoms with Gasteiger partial charge in [0.15, 0.2) is 0 Å². The van der Waals surface area contributed by atoms with Crippen molar-refractivity contribution in [2.75, 3.05) is 7.11 Å². The minimum atomic E-state index is -0.558. The van der Waals surface area contributed by atoms with Gasteiger partial charge in [0.1, 0.15) is 5.25 Å². The molecule has 2 aromatic rings. The molecule has 116 valence electrons. The Hall–Kier alpha value is -2.08. The topological polar surface area (TPSA) is 65.2 Å². The molecule has 22 heavy (non-hydrogen) atoms. The predicted octanol–water partition coefficient (Wildman–Crippen LogP) is 3.56. The van der Waals surface area contributed by atoms with Gasteiger partial charge < -0.3 is 9.15 Å². The second-order valence-corrected chi connectivity index (χ2v) is 6.12. The number of carbonyl (C=O) groups is 1. The molecule has 0 saturated carbocycles. The molecule has 0 bridgehead atoms. The first-order valence-corrected chi connectivity index (χ1v) is 7.61. The summed E-state index contributed by atoms with van der Waals surface area (Å²) in [7, 11) is 1.34. The molecule has 5 nitrogen and oxygen atoms in total. The van der Waals surface area contributed by atoms with Gasteiger partial charge in [0, 0.05) is 5.56 Å². The fourth-order valence-electron chi connectivity index (χ4n) is 1.98. The largest absolute Gasteiger partial charge is 0.468 e. The van der Waals surface area contributed by atoms with E-state index >= 15 is 0 Å². The number of methoxy groups -OCH3 is 1. The summed E-state index contributed by atoms with van der Waals surface area (Å²) in [5, 5.41) is 7.80. The highest BCUT2D eigenvalue weighted by Crippen LogP contribution is 2.30. The van der Waals surface area contributed by atoms with Gasteiger partial charge in [-0.1, -0.05) is 29.8 Å². The van der Waals surface area contributed by atoms with Gasteiger partial charge in [-0.05, 0) is 44.2 Å². The first-order valence-electron chi connectivity index (χ1n) is 6.73. The molecule has 0 saturated heterocycles. The monoisotopic (exact) mass is 318 g/mol. The smallest absolute Gasteiger partial charge is 0.323 e. The van der Waals surface area contributed by atoms with Crippen molar-refractivity contribution in [2.24, 2.45) is 0 Å². The van der Waals surface area contributed by atoms with E-state index in [9.17, 15) is 4.79 Å². The first kappa shape index (κ1) is 16.3. The molecule has 1 atom stereocenters. The van der Waals surface area contributed by atoms with E-state index in [0.29, 0.717) is 16.7 Å². The van der Waals surface area contributed by atoms with Crippen LogP contribution in [0.25, 0.3) is 11.5 Å². The molecule has 0 aliphatic rings. The molecule has 0 fully saturated rings. The van der Waals surface area contributed by atoms with E-state index in [2.05, 4.69) is 22.8 Å². The summed E-state index contributed by atoms with van der Waals surface area (Å²) in [4.78, 5) is 11.7. The number of hydrogen-bond donors (Lipinski definition) is 0. The van der Waals surface area contributed by atoms with Crippen LogP contribution in [0.5, 0.6) is 0 Å². The average Bonchev–Trinajstić information content (AvgIpc) is 2.92. The van der Waals surface area contributed by atoms with Gasteiger partial charge in [-0.25, -0.2) is 0 Å². The fraction of sp³-hybridized carbons (Fsp3) is 0.312. The van der Waals surface area contributed by atoms with Crippen LogP contribution in [0.3, 0.4) is 0 Å². The highest BCUT2D eigenvalue weighted by molar-refractivity contribution is 8.00. The molecule has 0 N–H and O–H groups in total. The Morgan fingerprint density at radius 2 is 2.09 bits per heavy atom. The molecule has 0 spiro atoms. The third-order valence-corrected chi connectivity index (χ3v) is 4.30. The summed E-state index contributed by atoms with van der Waals surface area (Å²) in [5.74, 6) is 0.0501. The highest BCUT2D eigenvalue weighted by Gasteiger charge is 2.24. The Morgan fingerprint density at radius 1 is 1.36 bits per heavy atom. The minimum Gasteiger partial charge on any atom is -0.468 e. The van der Waals surface area contributed by atoms with Crippen molar-refractivity contribution in [3.63, 3.8) is 0 Å². The number of aromatic nitrogens is 2. The minimum absolute atomic E-state index is 0.313. The van der Waals surface area contributed by atoms with Crippen LogP contribution in [-0.2, 0) is 9.53 Å². The number of hydrogen-bond acceptors (Lipinski definition) is 6. The fourth-order valence-corrected chi connectivity index (χ4v) is 2.79. The summed E-state index contributed by atoms with van der Waals surface area (Å²) < 4.78 is 10.4. The van der Waals surface area contributed by atoms with E-state index in [0.717, 1.165) is 22.9 Å². The van der Waals surface area contributed by atoms with Gasteiger partial charge >= 0.3 is 5.97 Å². The SMILES string of the molecule is C=C(C)C(Sc1nnc(-c2ccc(C)cc2C)o1)C(=O)OC. The Kier molecular flexibility index (Phi) is 5.03. The predicted molar refractivity (Wildman–Crippen MR) is 85.7 cm³/mol. The van der Waals surface area contributed by atoms with E-state index in [1.54, 1.807) is 6.92 Å². The van der Waals surface area contributed by atoms with Crippen LogP contribution in [0.2, 0.25) is 0 Å². The molecule has 6 heteroatoms. The van der Waals surface area contributed by atoms with Gasteiger partial charge in [0.05, 0.1) is 7.11 Å². The van der Waals surface area contributed by atoms with Crippen molar-refractivity contribution in [2.45, 2.75) is 31.2 Å². The molecule has 1 aromatic heterocycles. The number of benzene rings is 1. The van der Waals surface area contributed by atoms with Gasteiger partial charge in [-0.3, -0.25) is 4.79 Å². The number of ether oxygens (including phenoxy) is 1. The van der Waals surface area contributed by atoms with Crippen molar-refractivity contribution in [3.05, 3.63) is 41.5 Å². The normalized spacial score (nSPS) is 12.0. The van der Waals surface area contributed by atoms with E-state index < -0.39 is 5.25 Å². The standard InChI is InChI=1S/C16H18N2O3S/c1-9(2)13(15(19)20-5)22-16-18-17-14(21-16)12-7-6-10(3)8-11(12)4/h6-8,13H,1H2,2-5H3. The average molecular weight is 318 g/mol.